The van der Waals surface area contributed by atoms with Crippen LogP contribution >= 0.6 is 0 Å². The van der Waals surface area contributed by atoms with Crippen LogP contribution in [0.1, 0.15) is 88.3 Å². The molecule has 0 bridgehead atoms. The number of H-pyrrole nitrogens is 1. The number of nitrogens with one attached hydrogen (secondary N) is 1. The third kappa shape index (κ3) is 3.73. The van der Waals surface area contributed by atoms with Gasteiger partial charge in [-0.05, 0) is 36.8 Å². The normalized spacial score (nSPS) is 14.1. The van der Waals surface area contributed by atoms with Crippen LogP contribution in [0.25, 0.3) is 16.6 Å². The maximum absolute atomic E-state index is 4.89. The Labute approximate surface area is 171 Å². The molecule has 152 valence electrons. The van der Waals surface area contributed by atoms with E-state index >= 15 is 0 Å². The number of nitrogens with zero attached hydrogens (tertiary/aromatic N) is 6. The van der Waals surface area contributed by atoms with Crippen molar-refractivity contribution in [2.45, 2.75) is 71.6 Å². The molecule has 0 amide bonds. The Morgan fingerprint density at radius 1 is 1.03 bits per heavy atom. The number of hydrogen-bond donors (Lipinski definition) is 1. The van der Waals surface area contributed by atoms with E-state index in [2.05, 4.69) is 56.0 Å². The second-order valence-corrected chi connectivity index (χ2v) is 8.25. The van der Waals surface area contributed by atoms with E-state index in [4.69, 9.17) is 15.0 Å². The maximum Gasteiger partial charge on any atom is 0.159 e. The largest absolute Gasteiger partial charge is 0.261 e. The first-order valence-electron chi connectivity index (χ1n) is 10.5. The first-order chi connectivity index (χ1) is 14.0. The summed E-state index contributed by atoms with van der Waals surface area (Å²) in [5, 5.41) is 12.6. The molecular weight excluding hydrogens is 362 g/mol. The van der Waals surface area contributed by atoms with Crippen LogP contribution in [0, 0.1) is 0 Å². The molecule has 1 N–H and O–H groups in total. The summed E-state index contributed by atoms with van der Waals surface area (Å²) < 4.78 is 1.93. The quantitative estimate of drug-likeness (QED) is 0.490. The van der Waals surface area contributed by atoms with Crippen LogP contribution in [0.4, 0.5) is 0 Å². The molecule has 4 aromatic rings. The van der Waals surface area contributed by atoms with E-state index in [1.807, 2.05) is 23.0 Å². The molecule has 0 radical (unpaired) electrons. The van der Waals surface area contributed by atoms with Crippen LogP contribution in [0.3, 0.4) is 0 Å². The molecule has 2 unspecified atom stereocenters. The Kier molecular flexibility index (Phi) is 5.30. The van der Waals surface area contributed by atoms with Crippen molar-refractivity contribution in [1.82, 2.24) is 34.8 Å². The van der Waals surface area contributed by atoms with Crippen molar-refractivity contribution >= 4 is 16.6 Å². The zero-order valence-corrected chi connectivity index (χ0v) is 17.8. The van der Waals surface area contributed by atoms with E-state index in [1.54, 1.807) is 0 Å². The molecule has 0 saturated heterocycles. The summed E-state index contributed by atoms with van der Waals surface area (Å²) in [5.41, 5.74) is 4.15. The monoisotopic (exact) mass is 391 g/mol. The molecule has 0 spiro atoms. The minimum absolute atomic E-state index is 0.270. The lowest BCUT2D eigenvalue weighted by molar-refractivity contribution is 0.544. The predicted molar refractivity (Wildman–Crippen MR) is 114 cm³/mol. The van der Waals surface area contributed by atoms with Crippen molar-refractivity contribution in [3.8, 4) is 0 Å². The SMILES string of the molecule is CCc1nc(C(C)CCC(C)c2nc(C(C)C)c3cn[nH]c3n2)cc2ccnn12. The maximum atomic E-state index is 4.89. The summed E-state index contributed by atoms with van der Waals surface area (Å²) in [6.07, 6.45) is 6.56. The van der Waals surface area contributed by atoms with Crippen LogP contribution in [-0.2, 0) is 6.42 Å². The smallest absolute Gasteiger partial charge is 0.159 e. The van der Waals surface area contributed by atoms with Gasteiger partial charge in [0, 0.05) is 18.0 Å². The van der Waals surface area contributed by atoms with E-state index in [9.17, 15) is 0 Å². The van der Waals surface area contributed by atoms with Crippen LogP contribution < -0.4 is 0 Å². The number of hydrogen-bond acceptors (Lipinski definition) is 5. The third-order valence-corrected chi connectivity index (χ3v) is 5.67. The molecule has 7 heteroatoms. The molecule has 0 fully saturated rings. The average molecular weight is 392 g/mol. The Hall–Kier alpha value is -2.83. The topological polar surface area (TPSA) is 84.6 Å². The molecule has 0 aromatic carbocycles. The molecule has 0 aliphatic rings. The lowest BCUT2D eigenvalue weighted by Gasteiger charge is -2.17. The Balaban J connectivity index is 1.52. The second kappa shape index (κ2) is 7.89. The molecule has 7 nitrogen and oxygen atoms in total. The van der Waals surface area contributed by atoms with E-state index in [1.165, 1.54) is 0 Å². The highest BCUT2D eigenvalue weighted by atomic mass is 15.2. The number of aromatic amines is 1. The van der Waals surface area contributed by atoms with Crippen LogP contribution in [-0.4, -0.2) is 34.8 Å². The summed E-state index contributed by atoms with van der Waals surface area (Å²) in [4.78, 5) is 14.5. The fourth-order valence-electron chi connectivity index (χ4n) is 3.81. The fraction of sp³-hybridized carbons (Fsp3) is 0.500. The van der Waals surface area contributed by atoms with Crippen molar-refractivity contribution in [3.63, 3.8) is 0 Å². The highest BCUT2D eigenvalue weighted by Gasteiger charge is 2.18. The van der Waals surface area contributed by atoms with Gasteiger partial charge in [-0.2, -0.15) is 10.2 Å². The minimum atomic E-state index is 0.270. The van der Waals surface area contributed by atoms with Crippen LogP contribution in [0.15, 0.2) is 24.5 Å². The van der Waals surface area contributed by atoms with Crippen molar-refractivity contribution in [2.24, 2.45) is 0 Å². The molecule has 4 heterocycles. The van der Waals surface area contributed by atoms with Gasteiger partial charge in [-0.3, -0.25) is 5.10 Å². The molecule has 4 rings (SSSR count). The first kappa shape index (κ1) is 19.5. The predicted octanol–water partition coefficient (Wildman–Crippen LogP) is 4.77. The minimum Gasteiger partial charge on any atom is -0.261 e. The molecule has 4 aromatic heterocycles. The summed E-state index contributed by atoms with van der Waals surface area (Å²) in [6.45, 7) is 10.9. The van der Waals surface area contributed by atoms with E-state index < -0.39 is 0 Å². The van der Waals surface area contributed by atoms with Gasteiger partial charge in [-0.25, -0.2) is 19.5 Å². The average Bonchev–Trinajstić information content (AvgIpc) is 3.38. The second-order valence-electron chi connectivity index (χ2n) is 8.25. The van der Waals surface area contributed by atoms with Crippen molar-refractivity contribution in [1.29, 1.82) is 0 Å². The van der Waals surface area contributed by atoms with Gasteiger partial charge in [-0.1, -0.05) is 34.6 Å². The Morgan fingerprint density at radius 3 is 2.59 bits per heavy atom. The van der Waals surface area contributed by atoms with Crippen LogP contribution in [0.5, 0.6) is 0 Å². The highest BCUT2D eigenvalue weighted by Crippen LogP contribution is 2.29. The first-order valence-corrected chi connectivity index (χ1v) is 10.5. The van der Waals surface area contributed by atoms with Crippen molar-refractivity contribution in [3.05, 3.63) is 47.6 Å². The number of aryl methyl sites for hydroxylation is 1. The molecule has 0 aliphatic carbocycles. The Morgan fingerprint density at radius 2 is 1.83 bits per heavy atom. The molecule has 0 saturated carbocycles. The van der Waals surface area contributed by atoms with Gasteiger partial charge in [0.05, 0.1) is 29.0 Å². The lowest BCUT2D eigenvalue weighted by atomic mass is 9.94. The summed E-state index contributed by atoms with van der Waals surface area (Å²) in [5.74, 6) is 2.88. The van der Waals surface area contributed by atoms with Gasteiger partial charge in [0.15, 0.2) is 5.65 Å². The molecular formula is C22H29N7. The van der Waals surface area contributed by atoms with Crippen molar-refractivity contribution in [2.75, 3.05) is 0 Å². The summed E-state index contributed by atoms with van der Waals surface area (Å²) in [7, 11) is 0. The number of aromatic nitrogens is 7. The van der Waals surface area contributed by atoms with E-state index in [0.29, 0.717) is 11.8 Å². The number of fused-ring (bicyclic) bond motifs is 2. The molecule has 0 aliphatic heterocycles. The highest BCUT2D eigenvalue weighted by molar-refractivity contribution is 5.77. The summed E-state index contributed by atoms with van der Waals surface area (Å²) in [6, 6.07) is 4.20. The number of rotatable bonds is 7. The van der Waals surface area contributed by atoms with Crippen LogP contribution in [0.2, 0.25) is 0 Å². The molecule has 29 heavy (non-hydrogen) atoms. The van der Waals surface area contributed by atoms with Gasteiger partial charge in [-0.15, -0.1) is 0 Å². The van der Waals surface area contributed by atoms with E-state index in [0.717, 1.165) is 58.8 Å². The van der Waals surface area contributed by atoms with Gasteiger partial charge >= 0.3 is 0 Å². The molecule has 2 atom stereocenters. The van der Waals surface area contributed by atoms with Gasteiger partial charge in [0.1, 0.15) is 11.6 Å². The van der Waals surface area contributed by atoms with Gasteiger partial charge in [0.2, 0.25) is 0 Å². The zero-order chi connectivity index (χ0) is 20.5. The lowest BCUT2D eigenvalue weighted by Crippen LogP contribution is -2.09. The van der Waals surface area contributed by atoms with E-state index in [-0.39, 0.29) is 5.92 Å². The standard InChI is InChI=1S/C22H29N7/c1-6-19-25-18(11-16-9-10-24-29(16)19)14(4)7-8-15(5)21-26-20(13(2)3)17-12-23-28-22(17)27-21/h9-15H,6-8H2,1-5H3,(H,23,26,27,28). The van der Waals surface area contributed by atoms with Gasteiger partial charge < -0.3 is 0 Å². The van der Waals surface area contributed by atoms with Gasteiger partial charge in [0.25, 0.3) is 0 Å². The Bertz CT molecular complexity index is 1120. The summed E-state index contributed by atoms with van der Waals surface area (Å²) >= 11 is 0. The third-order valence-electron chi connectivity index (χ3n) is 5.67. The zero-order valence-electron chi connectivity index (χ0n) is 17.8. The van der Waals surface area contributed by atoms with Crippen molar-refractivity contribution < 1.29 is 0 Å². The fourth-order valence-corrected chi connectivity index (χ4v) is 3.81.